The fourth-order valence-corrected chi connectivity index (χ4v) is 3.69. The summed E-state index contributed by atoms with van der Waals surface area (Å²) < 4.78 is 8.42. The Bertz CT molecular complexity index is 570. The average molecular weight is 241 g/mol. The van der Waals surface area contributed by atoms with Crippen molar-refractivity contribution < 1.29 is 6.17 Å². The maximum absolute atomic E-state index is 12.7. The molecule has 3 rings (SSSR count). The van der Waals surface area contributed by atoms with Crippen molar-refractivity contribution in [1.29, 1.82) is 0 Å². The van der Waals surface area contributed by atoms with Crippen LogP contribution in [0.4, 0.5) is 0 Å². The normalized spacial score (nSPS) is 36.7. The van der Waals surface area contributed by atoms with Crippen LogP contribution in [0.15, 0.2) is 35.9 Å². The van der Waals surface area contributed by atoms with E-state index in [4.69, 9.17) is 1.37 Å². The molecule has 1 nitrogen and oxygen atoms in total. The third-order valence-corrected chi connectivity index (χ3v) is 5.37. The van der Waals surface area contributed by atoms with Crippen molar-refractivity contribution in [1.82, 2.24) is 0 Å². The van der Waals surface area contributed by atoms with Crippen LogP contribution < -0.4 is 0 Å². The number of rotatable bonds is 1. The molecule has 0 aliphatic heterocycles. The lowest BCUT2D eigenvalue weighted by Gasteiger charge is -2.31. The molecule has 0 aromatic heterocycles. The van der Waals surface area contributed by atoms with Gasteiger partial charge in [-0.2, -0.15) is 0 Å². The highest BCUT2D eigenvalue weighted by Gasteiger charge is 2.63. The molecule has 2 unspecified atom stereocenters. The summed E-state index contributed by atoms with van der Waals surface area (Å²) in [6.07, 6.45) is 2.01. The highest BCUT2D eigenvalue weighted by atomic mass is 16.1. The minimum absolute atomic E-state index is 0.0134. The van der Waals surface area contributed by atoms with Gasteiger partial charge in [0.25, 0.3) is 0 Å². The van der Waals surface area contributed by atoms with E-state index in [0.29, 0.717) is 6.05 Å². The van der Waals surface area contributed by atoms with Crippen LogP contribution in [-0.2, 0) is 4.79 Å². The molecule has 0 spiro atoms. The smallest absolute Gasteiger partial charge is 0.165 e. The first-order valence-corrected chi connectivity index (χ1v) is 6.70. The molecular formula is C17H20O. The van der Waals surface area contributed by atoms with Crippen molar-refractivity contribution in [3.63, 3.8) is 0 Å². The second-order valence-corrected chi connectivity index (χ2v) is 6.38. The Hall–Kier alpha value is -1.37. The Morgan fingerprint density at radius 3 is 2.50 bits per heavy atom. The van der Waals surface area contributed by atoms with Crippen molar-refractivity contribution in [3.8, 4) is 0 Å². The molecule has 1 aromatic carbocycles. The van der Waals surface area contributed by atoms with E-state index in [1.807, 2.05) is 30.3 Å². The van der Waals surface area contributed by atoms with Gasteiger partial charge in [0, 0.05) is 5.41 Å². The number of carbonyl (C=O) groups is 1. The molecule has 2 bridgehead atoms. The van der Waals surface area contributed by atoms with Crippen molar-refractivity contribution in [2.24, 2.45) is 16.7 Å². The Balaban J connectivity index is 2.16. The van der Waals surface area contributed by atoms with Gasteiger partial charge in [0.15, 0.2) is 5.78 Å². The zero-order valence-corrected chi connectivity index (χ0v) is 11.3. The summed E-state index contributed by atoms with van der Waals surface area (Å²) in [5.41, 5.74) is 1.34. The fourth-order valence-electron chi connectivity index (χ4n) is 3.69. The van der Waals surface area contributed by atoms with Gasteiger partial charge in [-0.15, -0.1) is 0 Å². The summed E-state index contributed by atoms with van der Waals surface area (Å²) in [5.74, 6) is 0.459. The van der Waals surface area contributed by atoms with Gasteiger partial charge in [-0.05, 0) is 41.4 Å². The van der Waals surface area contributed by atoms with E-state index >= 15 is 0 Å². The van der Waals surface area contributed by atoms with Gasteiger partial charge in [-0.1, -0.05) is 51.1 Å². The van der Waals surface area contributed by atoms with Crippen molar-refractivity contribution in [3.05, 3.63) is 41.5 Å². The lowest BCUT2D eigenvalue weighted by atomic mass is 9.70. The fraction of sp³-hybridized carbons (Fsp3) is 0.471. The minimum Gasteiger partial charge on any atom is -0.294 e. The predicted octanol–water partition coefficient (Wildman–Crippen LogP) is 4.10. The number of carbonyl (C=O) groups excluding carboxylic acids is 1. The summed E-state index contributed by atoms with van der Waals surface area (Å²) in [5, 5.41) is 0. The molecule has 0 saturated heterocycles. The lowest BCUT2D eigenvalue weighted by Crippen LogP contribution is -2.32. The average Bonchev–Trinajstić information content (AvgIpc) is 2.71. The first-order chi connectivity index (χ1) is 8.89. The van der Waals surface area contributed by atoms with Crippen LogP contribution in [0.2, 0.25) is 0 Å². The van der Waals surface area contributed by atoms with Crippen molar-refractivity contribution in [2.45, 2.75) is 33.6 Å². The predicted molar refractivity (Wildman–Crippen MR) is 74.0 cm³/mol. The number of hydrogen-bond donors (Lipinski definition) is 0. The molecule has 0 N–H and O–H groups in total. The molecule has 1 aromatic rings. The van der Waals surface area contributed by atoms with E-state index < -0.39 is 0 Å². The van der Waals surface area contributed by atoms with Crippen molar-refractivity contribution >= 4 is 11.8 Å². The molecule has 18 heavy (non-hydrogen) atoms. The van der Waals surface area contributed by atoms with E-state index in [-0.39, 0.29) is 22.5 Å². The number of allylic oxidation sites excluding steroid dienone is 1. The number of ketones is 1. The number of Topliss-reactive ketones (excluding diaryl/α,β-unsaturated/α-hetero) is 1. The maximum atomic E-state index is 12.7. The second kappa shape index (κ2) is 3.57. The van der Waals surface area contributed by atoms with E-state index in [0.717, 1.165) is 24.0 Å². The SMILES string of the molecule is [2H]C(=C1C(=O)C2(C)CCC1C2(C)C)c1ccccc1. The monoisotopic (exact) mass is 241 g/mol. The number of benzene rings is 1. The van der Waals surface area contributed by atoms with Crippen LogP contribution in [0.3, 0.4) is 0 Å². The van der Waals surface area contributed by atoms with Gasteiger partial charge in [-0.25, -0.2) is 0 Å². The molecular weight excluding hydrogens is 220 g/mol. The molecule has 0 amide bonds. The van der Waals surface area contributed by atoms with Gasteiger partial charge < -0.3 is 0 Å². The molecule has 0 heterocycles. The highest BCUT2D eigenvalue weighted by Crippen LogP contribution is 2.65. The zero-order chi connectivity index (χ0) is 13.8. The Morgan fingerprint density at radius 2 is 1.94 bits per heavy atom. The maximum Gasteiger partial charge on any atom is 0.165 e. The molecule has 2 fully saturated rings. The minimum atomic E-state index is -0.270. The molecule has 2 aliphatic rings. The van der Waals surface area contributed by atoms with E-state index in [2.05, 4.69) is 20.8 Å². The highest BCUT2D eigenvalue weighted by molar-refractivity contribution is 6.07. The first kappa shape index (κ1) is 10.5. The van der Waals surface area contributed by atoms with Crippen LogP contribution in [0.1, 0.15) is 40.5 Å². The zero-order valence-electron chi connectivity index (χ0n) is 12.3. The van der Waals surface area contributed by atoms with Crippen LogP contribution >= 0.6 is 0 Å². The quantitative estimate of drug-likeness (QED) is 0.677. The Kier molecular flexibility index (Phi) is 2.09. The molecule has 2 atom stereocenters. The van der Waals surface area contributed by atoms with Gasteiger partial charge >= 0.3 is 0 Å². The van der Waals surface area contributed by atoms with Gasteiger partial charge in [0.1, 0.15) is 0 Å². The van der Waals surface area contributed by atoms with E-state index in [9.17, 15) is 4.79 Å². The van der Waals surface area contributed by atoms with Crippen molar-refractivity contribution in [2.75, 3.05) is 0 Å². The molecule has 0 radical (unpaired) electrons. The lowest BCUT2D eigenvalue weighted by molar-refractivity contribution is -0.125. The van der Waals surface area contributed by atoms with Gasteiger partial charge in [-0.3, -0.25) is 4.79 Å². The number of fused-ring (bicyclic) bond motifs is 2. The second-order valence-electron chi connectivity index (χ2n) is 6.38. The topological polar surface area (TPSA) is 17.1 Å². The van der Waals surface area contributed by atoms with Gasteiger partial charge in [0.2, 0.25) is 0 Å². The Morgan fingerprint density at radius 1 is 1.28 bits per heavy atom. The summed E-state index contributed by atoms with van der Waals surface area (Å²) in [7, 11) is 0. The standard InChI is InChI=1S/C17H20O/c1-16(2)14-9-10-17(16,3)15(18)13(14)11-12-7-5-4-6-8-12/h4-8,11,14H,9-10H2,1-3H3/i11D. The summed E-state index contributed by atoms with van der Waals surface area (Å²) in [4.78, 5) is 12.7. The van der Waals surface area contributed by atoms with Crippen LogP contribution in [0.5, 0.6) is 0 Å². The van der Waals surface area contributed by atoms with Crippen LogP contribution in [-0.4, -0.2) is 5.78 Å². The first-order valence-electron chi connectivity index (χ1n) is 7.20. The number of hydrogen-bond acceptors (Lipinski definition) is 1. The molecule has 2 aliphatic carbocycles. The van der Waals surface area contributed by atoms with Crippen LogP contribution in [0, 0.1) is 16.7 Å². The third-order valence-electron chi connectivity index (χ3n) is 5.37. The summed E-state index contributed by atoms with van der Waals surface area (Å²) in [6, 6.07) is 10.1. The largest absolute Gasteiger partial charge is 0.294 e. The van der Waals surface area contributed by atoms with Gasteiger partial charge in [0.05, 0.1) is 1.37 Å². The molecule has 2 saturated carbocycles. The third kappa shape index (κ3) is 1.31. The molecule has 94 valence electrons. The van der Waals surface area contributed by atoms with E-state index in [1.54, 1.807) is 0 Å². The Labute approximate surface area is 110 Å². The summed E-state index contributed by atoms with van der Waals surface area (Å²) >= 11 is 0. The summed E-state index contributed by atoms with van der Waals surface area (Å²) in [6.45, 7) is 6.46. The van der Waals surface area contributed by atoms with Crippen LogP contribution in [0.25, 0.3) is 6.05 Å². The molecule has 1 heteroatoms. The van der Waals surface area contributed by atoms with E-state index in [1.165, 1.54) is 0 Å².